The van der Waals surface area contributed by atoms with Crippen LogP contribution in [0.4, 0.5) is 0 Å². The summed E-state index contributed by atoms with van der Waals surface area (Å²) in [5.41, 5.74) is 2.79. The highest BCUT2D eigenvalue weighted by Gasteiger charge is 2.73. The van der Waals surface area contributed by atoms with Gasteiger partial charge in [0.2, 0.25) is 0 Å². The molecular formula is C42H50N2O5. The number of carbonyl (C=O) groups excluding carboxylic acids is 2. The van der Waals surface area contributed by atoms with Crippen LogP contribution < -0.4 is 9.47 Å². The number of carbonyl (C=O) groups is 2. The average Bonchev–Trinajstić information content (AvgIpc) is 3.85. The lowest BCUT2D eigenvalue weighted by molar-refractivity contribution is -0.200. The van der Waals surface area contributed by atoms with Crippen LogP contribution in [0.5, 0.6) is 11.5 Å². The Bertz CT molecular complexity index is 1680. The molecule has 7 heteroatoms. The van der Waals surface area contributed by atoms with Gasteiger partial charge < -0.3 is 14.6 Å². The number of aliphatic hydroxyl groups is 1. The summed E-state index contributed by atoms with van der Waals surface area (Å²) in [6.45, 7) is 4.49. The highest BCUT2D eigenvalue weighted by molar-refractivity contribution is 5.97. The summed E-state index contributed by atoms with van der Waals surface area (Å²) in [6, 6.07) is 24.2. The number of esters is 1. The molecule has 2 saturated carbocycles. The Kier molecular flexibility index (Phi) is 8.88. The second-order valence-corrected chi connectivity index (χ2v) is 15.4. The number of benzene rings is 3. The monoisotopic (exact) mass is 662 g/mol. The van der Waals surface area contributed by atoms with E-state index in [4.69, 9.17) is 9.47 Å². The second-order valence-electron chi connectivity index (χ2n) is 15.4. The molecule has 1 saturated heterocycles. The summed E-state index contributed by atoms with van der Waals surface area (Å²) >= 11 is 0. The van der Waals surface area contributed by atoms with E-state index in [1.807, 2.05) is 36.4 Å². The topological polar surface area (TPSA) is 79.3 Å². The van der Waals surface area contributed by atoms with Gasteiger partial charge in [-0.3, -0.25) is 19.4 Å². The van der Waals surface area contributed by atoms with E-state index in [-0.39, 0.29) is 29.9 Å². The van der Waals surface area contributed by atoms with E-state index in [1.165, 1.54) is 30.9 Å². The van der Waals surface area contributed by atoms with Crippen molar-refractivity contribution < 1.29 is 24.2 Å². The molecule has 0 amide bonds. The molecule has 2 heterocycles. The van der Waals surface area contributed by atoms with Crippen molar-refractivity contribution in [3.8, 4) is 11.5 Å². The van der Waals surface area contributed by atoms with Gasteiger partial charge in [-0.15, -0.1) is 0 Å². The third-order valence-electron chi connectivity index (χ3n) is 12.4. The van der Waals surface area contributed by atoms with Crippen LogP contribution in [0.2, 0.25) is 0 Å². The molecular weight excluding hydrogens is 612 g/mol. The number of aryl methyl sites for hydroxylation is 1. The van der Waals surface area contributed by atoms with Crippen LogP contribution in [0.1, 0.15) is 91.8 Å². The zero-order chi connectivity index (χ0) is 33.6. The van der Waals surface area contributed by atoms with Crippen LogP contribution in [0, 0.1) is 5.92 Å². The average molecular weight is 663 g/mol. The van der Waals surface area contributed by atoms with E-state index in [0.717, 1.165) is 88.0 Å². The number of hydrogen-bond acceptors (Lipinski definition) is 7. The number of likely N-dealkylation sites (tertiary alicyclic amines) is 1. The van der Waals surface area contributed by atoms with Crippen molar-refractivity contribution in [1.29, 1.82) is 0 Å². The number of ketones is 1. The van der Waals surface area contributed by atoms with E-state index in [0.29, 0.717) is 24.5 Å². The lowest BCUT2D eigenvalue weighted by Gasteiger charge is -2.65. The summed E-state index contributed by atoms with van der Waals surface area (Å²) < 4.78 is 12.8. The summed E-state index contributed by atoms with van der Waals surface area (Å²) in [7, 11) is 0. The summed E-state index contributed by atoms with van der Waals surface area (Å²) in [6.07, 6.45) is 10.6. The fourth-order valence-electron chi connectivity index (χ4n) is 9.96. The number of piperidine rings is 1. The Morgan fingerprint density at radius 1 is 0.939 bits per heavy atom. The van der Waals surface area contributed by atoms with Crippen LogP contribution in [0.3, 0.4) is 0 Å². The van der Waals surface area contributed by atoms with Crippen LogP contribution >= 0.6 is 0 Å². The van der Waals surface area contributed by atoms with Gasteiger partial charge in [0, 0.05) is 36.7 Å². The van der Waals surface area contributed by atoms with Gasteiger partial charge in [0.25, 0.3) is 0 Å². The maximum atomic E-state index is 13.8. The van der Waals surface area contributed by atoms with E-state index >= 15 is 0 Å². The zero-order valence-electron chi connectivity index (χ0n) is 28.8. The highest BCUT2D eigenvalue weighted by atomic mass is 16.6. The maximum absolute atomic E-state index is 13.8. The van der Waals surface area contributed by atoms with Crippen LogP contribution in [0.25, 0.3) is 0 Å². The zero-order valence-corrected chi connectivity index (χ0v) is 28.8. The minimum atomic E-state index is -0.957. The van der Waals surface area contributed by atoms with Gasteiger partial charge in [0.1, 0.15) is 6.10 Å². The summed E-state index contributed by atoms with van der Waals surface area (Å²) in [5, 5.41) is 13.1. The van der Waals surface area contributed by atoms with Crippen molar-refractivity contribution in [2.24, 2.45) is 5.92 Å². The summed E-state index contributed by atoms with van der Waals surface area (Å²) in [4.78, 5) is 31.0. The minimum Gasteiger partial charge on any atom is -0.483 e. The van der Waals surface area contributed by atoms with Crippen LogP contribution in [-0.4, -0.2) is 76.6 Å². The quantitative estimate of drug-likeness (QED) is 0.0910. The number of rotatable bonds is 14. The van der Waals surface area contributed by atoms with Crippen LogP contribution in [0.15, 0.2) is 72.8 Å². The number of hydrogen-bond donors (Lipinski definition) is 1. The number of unbranched alkanes of at least 4 members (excludes halogenated alkanes) is 3. The predicted octanol–water partition coefficient (Wildman–Crippen LogP) is 6.53. The fraction of sp³-hybridized carbons (Fsp3) is 0.524. The number of Topliss-reactive ketones (excluding diaryl/α,β-unsaturated/α-hetero) is 1. The van der Waals surface area contributed by atoms with Crippen molar-refractivity contribution >= 4 is 11.8 Å². The molecule has 7 nitrogen and oxygen atoms in total. The molecule has 49 heavy (non-hydrogen) atoms. The Labute approximate surface area is 290 Å². The lowest BCUT2D eigenvalue weighted by atomic mass is 9.48. The van der Waals surface area contributed by atoms with Crippen molar-refractivity contribution in [2.45, 2.75) is 107 Å². The van der Waals surface area contributed by atoms with E-state index in [9.17, 15) is 14.7 Å². The first-order chi connectivity index (χ1) is 23.9. The van der Waals surface area contributed by atoms with E-state index < -0.39 is 11.0 Å². The van der Waals surface area contributed by atoms with Gasteiger partial charge in [-0.1, -0.05) is 79.6 Å². The Balaban J connectivity index is 1.09. The first-order valence-electron chi connectivity index (χ1n) is 18.7. The summed E-state index contributed by atoms with van der Waals surface area (Å²) in [5.74, 6) is 1.54. The smallest absolute Gasteiger partial charge is 0.308 e. The van der Waals surface area contributed by atoms with Gasteiger partial charge in [-0.05, 0) is 94.0 Å². The predicted molar refractivity (Wildman–Crippen MR) is 189 cm³/mol. The molecule has 0 unspecified atom stereocenters. The molecule has 3 aromatic rings. The molecule has 1 N–H and O–H groups in total. The van der Waals surface area contributed by atoms with Gasteiger partial charge in [-0.25, -0.2) is 0 Å². The SMILES string of the molecule is CC(=O)Oc1ccc2c3c1O[C@H]1[C@H](N(CCCCCCc4ccccc4)CC(=O)c4ccccc4)CC[C@@]4(O)[C@@H](C2)N(CC2CC2)CC[C@]314. The Morgan fingerprint density at radius 3 is 2.45 bits per heavy atom. The molecule has 2 bridgehead atoms. The first-order valence-corrected chi connectivity index (χ1v) is 18.7. The van der Waals surface area contributed by atoms with Gasteiger partial charge in [0.15, 0.2) is 17.3 Å². The molecule has 1 spiro atoms. The molecule has 5 atom stereocenters. The Hall–Kier alpha value is -3.52. The van der Waals surface area contributed by atoms with Crippen LogP contribution in [-0.2, 0) is 23.1 Å². The molecule has 0 aromatic heterocycles. The number of nitrogens with zero attached hydrogens (tertiary/aromatic N) is 2. The third-order valence-corrected chi connectivity index (χ3v) is 12.4. The van der Waals surface area contributed by atoms with Gasteiger partial charge in [0.05, 0.1) is 17.6 Å². The molecule has 5 aliphatic rings. The van der Waals surface area contributed by atoms with E-state index in [1.54, 1.807) is 0 Å². The normalized spacial score (nSPS) is 28.2. The molecule has 0 radical (unpaired) electrons. The molecule has 3 aliphatic carbocycles. The highest BCUT2D eigenvalue weighted by Crippen LogP contribution is 2.66. The van der Waals surface area contributed by atoms with Gasteiger partial charge in [-0.2, -0.15) is 0 Å². The minimum absolute atomic E-state index is 0.0240. The largest absolute Gasteiger partial charge is 0.483 e. The molecule has 2 aliphatic heterocycles. The molecule has 3 aromatic carbocycles. The number of ether oxygens (including phenoxy) is 2. The molecule has 258 valence electrons. The van der Waals surface area contributed by atoms with Gasteiger partial charge >= 0.3 is 5.97 Å². The van der Waals surface area contributed by atoms with Crippen molar-refractivity contribution in [3.05, 3.63) is 95.1 Å². The second kappa shape index (κ2) is 13.3. The first kappa shape index (κ1) is 32.7. The Morgan fingerprint density at radius 2 is 1.69 bits per heavy atom. The molecule has 8 rings (SSSR count). The lowest BCUT2D eigenvalue weighted by Crippen LogP contribution is -2.78. The van der Waals surface area contributed by atoms with Crippen molar-refractivity contribution in [2.75, 3.05) is 26.2 Å². The standard InChI is InChI=1S/C42H50N2O5/c1-29(45)48-36-20-19-33-26-37-42(47)22-21-34(40-41(42,38(33)39(36)49-40)23-25-44(37)27-31-17-18-31)43(28-35(46)32-15-9-5-10-16-32)24-11-3-2-6-12-30-13-7-4-8-14-30/h4-5,7-10,13-16,19-20,31,34,37,40,47H,2-3,6,11-12,17-18,21-28H2,1H3/t34-,37-,40+,41+,42-/m1/s1. The fourth-order valence-corrected chi connectivity index (χ4v) is 9.96. The van der Waals surface area contributed by atoms with Crippen molar-refractivity contribution in [3.63, 3.8) is 0 Å². The molecule has 3 fully saturated rings. The van der Waals surface area contributed by atoms with Crippen molar-refractivity contribution in [1.82, 2.24) is 9.80 Å². The third kappa shape index (κ3) is 5.92. The maximum Gasteiger partial charge on any atom is 0.308 e. The van der Waals surface area contributed by atoms with E-state index in [2.05, 4.69) is 46.2 Å².